The number of halogens is 3. The normalized spacial score (nSPS) is 16.3. The van der Waals surface area contributed by atoms with Crippen LogP contribution in [0, 0.1) is 0 Å². The predicted octanol–water partition coefficient (Wildman–Crippen LogP) is 9.89. The minimum Gasteiger partial charge on any atom is -0.467 e. The number of carbonyl (C=O) groups excluding carboxylic acids is 7. The Bertz CT molecular complexity index is 3610. The summed E-state index contributed by atoms with van der Waals surface area (Å²) in [6.45, 7) is 10.8. The van der Waals surface area contributed by atoms with E-state index in [4.69, 9.17) is 72.7 Å². The topological polar surface area (TPSA) is 278 Å². The third-order valence-corrected chi connectivity index (χ3v) is 12.8. The van der Waals surface area contributed by atoms with Crippen LogP contribution in [0.15, 0.2) is 120 Å². The summed E-state index contributed by atoms with van der Waals surface area (Å²) < 4.78 is 48.1. The van der Waals surface area contributed by atoms with Crippen LogP contribution in [0.5, 0.6) is 11.5 Å². The van der Waals surface area contributed by atoms with Crippen molar-refractivity contribution < 1.29 is 76.2 Å². The van der Waals surface area contributed by atoms with Gasteiger partial charge in [0.1, 0.15) is 17.1 Å². The molecule has 7 aromatic rings. The highest BCUT2D eigenvalue weighted by atomic mass is 35.5. The van der Waals surface area contributed by atoms with Gasteiger partial charge in [-0.2, -0.15) is 4.99 Å². The molecule has 22 nitrogen and oxygen atoms in total. The van der Waals surface area contributed by atoms with Gasteiger partial charge in [-0.05, 0) is 89.5 Å². The number of carbonyl (C=O) groups is 7. The molecule has 0 bridgehead atoms. The SMILES string of the molecule is COC(=O)C(NC(=O)OC(C)(C)C)C(=O)c1c[nH]c2ccccc12.COC(=O)C1=C(c2c[nH]c3ccccc23)OC(c2ccc3c(c2)OCO3)N1C(=O)CCl.COC(=O)C1N=C(OC(C)(C)C)OC1c1c[nH]c2ccccc12.O=C(Cl)CCl. The van der Waals surface area contributed by atoms with E-state index < -0.39 is 76.6 Å². The van der Waals surface area contributed by atoms with Crippen molar-refractivity contribution in [2.75, 3.05) is 39.9 Å². The molecule has 0 saturated heterocycles. The molecule has 0 aliphatic carbocycles. The second-order valence-electron chi connectivity index (χ2n) is 20.0. The summed E-state index contributed by atoms with van der Waals surface area (Å²) in [7, 11) is 3.74. The largest absolute Gasteiger partial charge is 0.467 e. The number of nitrogens with one attached hydrogen (secondary N) is 4. The molecule has 0 radical (unpaired) electrons. The van der Waals surface area contributed by atoms with E-state index in [2.05, 4.69) is 30.0 Å². The van der Waals surface area contributed by atoms with Crippen LogP contribution in [0.4, 0.5) is 4.79 Å². The zero-order chi connectivity index (χ0) is 60.3. The van der Waals surface area contributed by atoms with E-state index in [-0.39, 0.29) is 41.7 Å². The number of ketones is 1. The van der Waals surface area contributed by atoms with Crippen molar-refractivity contribution >= 4 is 120 Å². The first-order chi connectivity index (χ1) is 39.5. The third kappa shape index (κ3) is 14.9. The number of alkyl halides is 2. The number of methoxy groups -OCH3 is 3. The molecule has 0 spiro atoms. The Kier molecular flexibility index (Phi) is 20.1. The summed E-state index contributed by atoms with van der Waals surface area (Å²) in [5, 5.41) is 4.25. The average molecular weight is 1200 g/mol. The van der Waals surface area contributed by atoms with Crippen LogP contribution in [0.3, 0.4) is 0 Å². The predicted molar refractivity (Wildman–Crippen MR) is 307 cm³/mol. The number of fused-ring (bicyclic) bond motifs is 4. The quantitative estimate of drug-likeness (QED) is 0.0234. The number of aromatic amines is 3. The van der Waals surface area contributed by atoms with Crippen molar-refractivity contribution in [2.45, 2.75) is 77.2 Å². The summed E-state index contributed by atoms with van der Waals surface area (Å²) in [5.41, 5.74) is 3.72. The van der Waals surface area contributed by atoms with E-state index in [1.807, 2.05) is 81.6 Å². The molecule has 2 amide bonds. The van der Waals surface area contributed by atoms with Crippen molar-refractivity contribution in [1.29, 1.82) is 0 Å². The summed E-state index contributed by atoms with van der Waals surface area (Å²) in [4.78, 5) is 98.6. The number of esters is 3. The smallest absolute Gasteiger partial charge is 0.408 e. The molecule has 25 heteroatoms. The fourth-order valence-electron chi connectivity index (χ4n) is 8.55. The number of rotatable bonds is 11. The van der Waals surface area contributed by atoms with Gasteiger partial charge in [0, 0.05) is 73.6 Å². The maximum Gasteiger partial charge on any atom is 0.408 e. The van der Waals surface area contributed by atoms with E-state index in [1.165, 1.54) is 25.3 Å². The Morgan fingerprint density at radius 3 is 1.90 bits per heavy atom. The molecule has 4 N–H and O–H groups in total. The van der Waals surface area contributed by atoms with Crippen LogP contribution in [0.1, 0.15) is 80.9 Å². The molecule has 0 fully saturated rings. The summed E-state index contributed by atoms with van der Waals surface area (Å²) in [6, 6.07) is 25.5. The van der Waals surface area contributed by atoms with Gasteiger partial charge in [-0.3, -0.25) is 19.3 Å². The molecule has 4 unspecified atom stereocenters. The number of para-hydroxylation sites is 3. The lowest BCUT2D eigenvalue weighted by atomic mass is 10.0. The number of hydrogen-bond acceptors (Lipinski definition) is 17. The van der Waals surface area contributed by atoms with E-state index in [0.29, 0.717) is 28.0 Å². The van der Waals surface area contributed by atoms with Crippen molar-refractivity contribution in [3.63, 3.8) is 0 Å². The first-order valence-corrected chi connectivity index (χ1v) is 26.8. The van der Waals surface area contributed by atoms with Gasteiger partial charge in [0.2, 0.25) is 24.2 Å². The number of alkyl carbamates (subject to hydrolysis) is 1. The van der Waals surface area contributed by atoms with Crippen LogP contribution >= 0.6 is 34.8 Å². The second kappa shape index (κ2) is 26.9. The molecule has 3 aliphatic rings. The summed E-state index contributed by atoms with van der Waals surface area (Å²) in [6.07, 6.45) is 2.80. The number of benzene rings is 4. The number of Topliss-reactive ketones (excluding diaryl/α,β-unsaturated/α-hetero) is 1. The van der Waals surface area contributed by atoms with Gasteiger partial charge >= 0.3 is 30.1 Å². The third-order valence-electron chi connectivity index (χ3n) is 12.0. The fourth-order valence-corrected chi connectivity index (χ4v) is 8.68. The Hall–Kier alpha value is -8.73. The highest BCUT2D eigenvalue weighted by molar-refractivity contribution is 6.67. The summed E-state index contributed by atoms with van der Waals surface area (Å²) in [5.74, 6) is -2.19. The molecule has 3 aromatic heterocycles. The highest BCUT2D eigenvalue weighted by Crippen LogP contribution is 2.46. The van der Waals surface area contributed by atoms with Gasteiger partial charge in [0.15, 0.2) is 46.9 Å². The van der Waals surface area contributed by atoms with Crippen molar-refractivity contribution in [2.24, 2.45) is 4.99 Å². The maximum atomic E-state index is 12.8. The molecular weight excluding hydrogens is 1140 g/mol. The van der Waals surface area contributed by atoms with E-state index in [1.54, 1.807) is 63.4 Å². The van der Waals surface area contributed by atoms with Crippen molar-refractivity contribution in [3.05, 3.63) is 138 Å². The number of H-pyrrole nitrogens is 3. The van der Waals surface area contributed by atoms with E-state index >= 15 is 0 Å². The zero-order valence-corrected chi connectivity index (χ0v) is 48.7. The van der Waals surface area contributed by atoms with Crippen molar-refractivity contribution in [1.82, 2.24) is 25.2 Å². The van der Waals surface area contributed by atoms with Gasteiger partial charge in [0.05, 0.1) is 27.2 Å². The van der Waals surface area contributed by atoms with Crippen LogP contribution in [-0.2, 0) is 57.1 Å². The van der Waals surface area contributed by atoms with Crippen LogP contribution in [-0.4, -0.2) is 130 Å². The monoisotopic (exact) mass is 1200 g/mol. The molecule has 4 atom stereocenters. The molecule has 438 valence electrons. The van der Waals surface area contributed by atoms with Crippen LogP contribution in [0.25, 0.3) is 38.5 Å². The minimum absolute atomic E-state index is 0.0134. The Morgan fingerprint density at radius 1 is 0.711 bits per heavy atom. The molecule has 3 aliphatic heterocycles. The molecule has 0 saturated carbocycles. The molecule has 4 aromatic carbocycles. The lowest BCUT2D eigenvalue weighted by Crippen LogP contribution is -2.48. The van der Waals surface area contributed by atoms with Gasteiger partial charge in [-0.1, -0.05) is 54.6 Å². The number of nitrogens with zero attached hydrogens (tertiary/aromatic N) is 2. The first-order valence-electron chi connectivity index (χ1n) is 25.3. The number of aromatic nitrogens is 3. The zero-order valence-electron chi connectivity index (χ0n) is 46.4. The lowest BCUT2D eigenvalue weighted by Gasteiger charge is -2.24. The minimum atomic E-state index is -1.48. The summed E-state index contributed by atoms with van der Waals surface area (Å²) >= 11 is 15.4. The molecule has 6 heterocycles. The number of ether oxygens (including phenoxy) is 9. The van der Waals surface area contributed by atoms with E-state index in [0.717, 1.165) is 40.0 Å². The molecule has 10 rings (SSSR count). The van der Waals surface area contributed by atoms with Gasteiger partial charge in [-0.25, -0.2) is 19.2 Å². The van der Waals surface area contributed by atoms with Gasteiger partial charge < -0.3 is 62.9 Å². The maximum absolute atomic E-state index is 12.8. The second-order valence-corrected chi connectivity index (χ2v) is 21.0. The van der Waals surface area contributed by atoms with E-state index in [9.17, 15) is 33.6 Å². The number of amides is 2. The first kappa shape index (κ1) is 61.9. The molecule has 83 heavy (non-hydrogen) atoms. The van der Waals surface area contributed by atoms with Crippen molar-refractivity contribution in [3.8, 4) is 11.5 Å². The lowest BCUT2D eigenvalue weighted by molar-refractivity contribution is -0.144. The fraction of sp³-hybridized carbons (Fsp3) is 0.310. The van der Waals surface area contributed by atoms with Gasteiger partial charge in [-0.15, -0.1) is 23.2 Å². The Balaban J connectivity index is 0.000000174. The van der Waals surface area contributed by atoms with Gasteiger partial charge in [0.25, 0.3) is 0 Å². The number of aliphatic imine (C=N–C) groups is 1. The van der Waals surface area contributed by atoms with Crippen LogP contribution < -0.4 is 14.8 Å². The Morgan fingerprint density at radius 2 is 1.30 bits per heavy atom. The average Bonchev–Trinajstić information content (AvgIpc) is 4.45. The number of hydrogen-bond donors (Lipinski definition) is 4. The molecular formula is C58H59Cl3N6O16. The standard InChI is InChI=1S/C22H17ClN2O6.C17H20N2O5.C17H20N2O4.C2H2Cl2O/c1-28-22(27)19-20(14-10-24-15-5-3-2-4-13(14)15)31-21(25(19)18(26)9-23)12-6-7-16-17(8-12)30-11-29-16;1-17(2,3)24-16(22)19-13(15(21)23-4)14(20)11-9-18-12-8-6-5-7-10(11)12;1-17(2,3)23-16-19-13(15(20)21-4)14(22-16)11-9-18-12-8-6-5-7-10(11)12;3-1-2(4)5/h2-8,10,21,24H,9,11H2,1H3;5-9,13,18H,1-4H3,(H,19,22);5-9,13-14,18H,1-4H3;1H2. The highest BCUT2D eigenvalue weighted by Gasteiger charge is 2.45. The Labute approximate surface area is 490 Å². The van der Waals surface area contributed by atoms with Crippen LogP contribution in [0.2, 0.25) is 0 Å².